The van der Waals surface area contributed by atoms with Gasteiger partial charge < -0.3 is 10.4 Å². The van der Waals surface area contributed by atoms with E-state index in [0.717, 1.165) is 25.1 Å². The predicted molar refractivity (Wildman–Crippen MR) is 81.9 cm³/mol. The van der Waals surface area contributed by atoms with Gasteiger partial charge in [0.1, 0.15) is 0 Å². The van der Waals surface area contributed by atoms with Gasteiger partial charge in [0.25, 0.3) is 0 Å². The van der Waals surface area contributed by atoms with E-state index in [0.29, 0.717) is 13.0 Å². The number of unbranched alkanes of at least 4 members (excludes halogenated alkanes) is 2. The normalized spacial score (nSPS) is 11.3. The van der Waals surface area contributed by atoms with Crippen LogP contribution >= 0.6 is 0 Å². The number of nitrogens with one attached hydrogen (secondary N) is 2. The SMILES string of the molecule is CCNS(=O)(=O)c1ccc(NCCCCCC(=O)O)cc1. The number of carboxylic acid groups (broad SMARTS) is 1. The van der Waals surface area contributed by atoms with E-state index in [2.05, 4.69) is 10.0 Å². The molecule has 0 aliphatic rings. The maximum absolute atomic E-state index is 11.8. The van der Waals surface area contributed by atoms with Gasteiger partial charge in [-0.3, -0.25) is 4.79 Å². The van der Waals surface area contributed by atoms with E-state index in [9.17, 15) is 13.2 Å². The molecule has 0 saturated heterocycles. The van der Waals surface area contributed by atoms with Crippen LogP contribution < -0.4 is 10.0 Å². The van der Waals surface area contributed by atoms with Gasteiger partial charge in [-0.25, -0.2) is 13.1 Å². The number of benzene rings is 1. The lowest BCUT2D eigenvalue weighted by molar-refractivity contribution is -0.137. The van der Waals surface area contributed by atoms with Crippen molar-refractivity contribution in [1.29, 1.82) is 0 Å². The van der Waals surface area contributed by atoms with Crippen LogP contribution in [0.4, 0.5) is 5.69 Å². The molecule has 1 aromatic carbocycles. The molecule has 0 saturated carbocycles. The Hall–Kier alpha value is -1.60. The maximum Gasteiger partial charge on any atom is 0.303 e. The van der Waals surface area contributed by atoms with Crippen molar-refractivity contribution in [3.63, 3.8) is 0 Å². The zero-order valence-electron chi connectivity index (χ0n) is 12.1. The number of sulfonamides is 1. The zero-order valence-corrected chi connectivity index (χ0v) is 12.9. The van der Waals surface area contributed by atoms with Crippen molar-refractivity contribution in [2.75, 3.05) is 18.4 Å². The number of anilines is 1. The van der Waals surface area contributed by atoms with Gasteiger partial charge in [-0.05, 0) is 37.1 Å². The average molecular weight is 314 g/mol. The summed E-state index contributed by atoms with van der Waals surface area (Å²) in [4.78, 5) is 10.6. The molecule has 0 spiro atoms. The minimum absolute atomic E-state index is 0.205. The summed E-state index contributed by atoms with van der Waals surface area (Å²) in [5.41, 5.74) is 0.851. The van der Waals surface area contributed by atoms with Crippen molar-refractivity contribution < 1.29 is 18.3 Å². The highest BCUT2D eigenvalue weighted by atomic mass is 32.2. The predicted octanol–water partition coefficient (Wildman–Crippen LogP) is 2.04. The summed E-state index contributed by atoms with van der Waals surface area (Å²) in [5.74, 6) is -0.763. The van der Waals surface area contributed by atoms with Crippen LogP contribution in [0.25, 0.3) is 0 Å². The fourth-order valence-electron chi connectivity index (χ4n) is 1.84. The van der Waals surface area contributed by atoms with E-state index in [1.807, 2.05) is 0 Å². The molecule has 0 aromatic heterocycles. The molecule has 7 heteroatoms. The number of rotatable bonds is 10. The molecule has 0 heterocycles. The Labute approximate surface area is 125 Å². The number of hydrogen-bond donors (Lipinski definition) is 3. The molecule has 3 N–H and O–H groups in total. The summed E-state index contributed by atoms with van der Waals surface area (Å²) in [7, 11) is -3.40. The topological polar surface area (TPSA) is 95.5 Å². The summed E-state index contributed by atoms with van der Waals surface area (Å²) < 4.78 is 25.9. The monoisotopic (exact) mass is 314 g/mol. The number of carboxylic acids is 1. The van der Waals surface area contributed by atoms with E-state index in [-0.39, 0.29) is 11.3 Å². The Morgan fingerprint density at radius 1 is 1.14 bits per heavy atom. The highest BCUT2D eigenvalue weighted by molar-refractivity contribution is 7.89. The third kappa shape index (κ3) is 6.59. The quantitative estimate of drug-likeness (QED) is 0.574. The number of hydrogen-bond acceptors (Lipinski definition) is 4. The van der Waals surface area contributed by atoms with Gasteiger partial charge in [-0.1, -0.05) is 13.3 Å². The van der Waals surface area contributed by atoms with Gasteiger partial charge in [0, 0.05) is 25.2 Å². The summed E-state index contributed by atoms with van der Waals surface area (Å²) in [6.07, 6.45) is 2.62. The third-order valence-corrected chi connectivity index (χ3v) is 4.46. The Bertz CT molecular complexity index is 541. The average Bonchev–Trinajstić information content (AvgIpc) is 2.43. The fraction of sp³-hybridized carbons (Fsp3) is 0.500. The Morgan fingerprint density at radius 3 is 2.38 bits per heavy atom. The van der Waals surface area contributed by atoms with E-state index < -0.39 is 16.0 Å². The van der Waals surface area contributed by atoms with Crippen molar-refractivity contribution in [2.24, 2.45) is 0 Å². The molecule has 0 aliphatic carbocycles. The molecule has 1 rings (SSSR count). The van der Waals surface area contributed by atoms with Crippen LogP contribution in [0.5, 0.6) is 0 Å². The van der Waals surface area contributed by atoms with Crippen LogP contribution in [0, 0.1) is 0 Å². The minimum Gasteiger partial charge on any atom is -0.481 e. The van der Waals surface area contributed by atoms with Gasteiger partial charge in [0.15, 0.2) is 0 Å². The van der Waals surface area contributed by atoms with Crippen LogP contribution in [-0.2, 0) is 14.8 Å². The summed E-state index contributed by atoms with van der Waals surface area (Å²) >= 11 is 0. The second kappa shape index (κ2) is 8.63. The highest BCUT2D eigenvalue weighted by Gasteiger charge is 2.11. The summed E-state index contributed by atoms with van der Waals surface area (Å²) in [6, 6.07) is 6.57. The van der Waals surface area contributed by atoms with E-state index in [4.69, 9.17) is 5.11 Å². The molecule has 21 heavy (non-hydrogen) atoms. The molecule has 0 fully saturated rings. The molecular weight excluding hydrogens is 292 g/mol. The van der Waals surface area contributed by atoms with Gasteiger partial charge in [0.2, 0.25) is 10.0 Å². The first kappa shape index (κ1) is 17.5. The lowest BCUT2D eigenvalue weighted by Crippen LogP contribution is -2.23. The van der Waals surface area contributed by atoms with Gasteiger partial charge >= 0.3 is 5.97 Å². The van der Waals surface area contributed by atoms with Gasteiger partial charge in [0.05, 0.1) is 4.90 Å². The maximum atomic E-state index is 11.8. The van der Waals surface area contributed by atoms with Crippen molar-refractivity contribution in [2.45, 2.75) is 37.5 Å². The van der Waals surface area contributed by atoms with Crippen LogP contribution in [0.15, 0.2) is 29.2 Å². The first-order valence-corrected chi connectivity index (χ1v) is 8.49. The van der Waals surface area contributed by atoms with Gasteiger partial charge in [-0.2, -0.15) is 0 Å². The molecular formula is C14H22N2O4S. The molecule has 0 aliphatic heterocycles. The number of aliphatic carboxylic acids is 1. The molecule has 0 atom stereocenters. The van der Waals surface area contributed by atoms with E-state index in [1.54, 1.807) is 31.2 Å². The summed E-state index contributed by atoms with van der Waals surface area (Å²) in [5, 5.41) is 11.7. The Morgan fingerprint density at radius 2 is 1.81 bits per heavy atom. The Kier molecular flexibility index (Phi) is 7.18. The Balaban J connectivity index is 2.36. The lowest BCUT2D eigenvalue weighted by Gasteiger charge is -2.08. The van der Waals surface area contributed by atoms with Crippen LogP contribution in [0.1, 0.15) is 32.6 Å². The second-order valence-electron chi connectivity index (χ2n) is 4.66. The van der Waals surface area contributed by atoms with E-state index >= 15 is 0 Å². The first-order chi connectivity index (χ1) is 9.95. The highest BCUT2D eigenvalue weighted by Crippen LogP contribution is 2.14. The number of carbonyl (C=O) groups is 1. The molecule has 0 bridgehead atoms. The molecule has 0 unspecified atom stereocenters. The smallest absolute Gasteiger partial charge is 0.303 e. The molecule has 118 valence electrons. The summed E-state index contributed by atoms with van der Waals surface area (Å²) in [6.45, 7) is 2.83. The first-order valence-electron chi connectivity index (χ1n) is 7.01. The van der Waals surface area contributed by atoms with Crippen molar-refractivity contribution >= 4 is 21.7 Å². The van der Waals surface area contributed by atoms with Crippen molar-refractivity contribution in [3.8, 4) is 0 Å². The van der Waals surface area contributed by atoms with Crippen LogP contribution in [-0.4, -0.2) is 32.6 Å². The molecule has 0 amide bonds. The molecule has 0 radical (unpaired) electrons. The second-order valence-corrected chi connectivity index (χ2v) is 6.42. The molecule has 6 nitrogen and oxygen atoms in total. The minimum atomic E-state index is -3.40. The third-order valence-electron chi connectivity index (χ3n) is 2.90. The largest absolute Gasteiger partial charge is 0.481 e. The van der Waals surface area contributed by atoms with Crippen LogP contribution in [0.2, 0.25) is 0 Å². The van der Waals surface area contributed by atoms with Crippen molar-refractivity contribution in [3.05, 3.63) is 24.3 Å². The lowest BCUT2D eigenvalue weighted by atomic mass is 10.2. The molecule has 1 aromatic rings. The van der Waals surface area contributed by atoms with E-state index in [1.165, 1.54) is 0 Å². The standard InChI is InChI=1S/C14H22N2O4S/c1-2-16-21(19,20)13-9-7-12(8-10-13)15-11-5-3-4-6-14(17)18/h7-10,15-16H,2-6,11H2,1H3,(H,17,18). The fourth-order valence-corrected chi connectivity index (χ4v) is 2.88. The van der Waals surface area contributed by atoms with Crippen molar-refractivity contribution in [1.82, 2.24) is 4.72 Å². The van der Waals surface area contributed by atoms with Crippen LogP contribution in [0.3, 0.4) is 0 Å². The zero-order chi connectivity index (χ0) is 15.7. The van der Waals surface area contributed by atoms with Gasteiger partial charge in [-0.15, -0.1) is 0 Å².